The van der Waals surface area contributed by atoms with Crippen LogP contribution in [0.5, 0.6) is 0 Å². The van der Waals surface area contributed by atoms with Crippen LogP contribution in [0.15, 0.2) is 4.99 Å². The van der Waals surface area contributed by atoms with Crippen LogP contribution < -0.4 is 27.8 Å². The average Bonchev–Trinajstić information content (AvgIpc) is 2.52. The first-order chi connectivity index (χ1) is 11.6. The van der Waals surface area contributed by atoms with Crippen LogP contribution in [0.4, 0.5) is 0 Å². The first kappa shape index (κ1) is 22.1. The number of carbonyl (C=O) groups is 4. The van der Waals surface area contributed by atoms with Gasteiger partial charge in [0.15, 0.2) is 5.96 Å². The van der Waals surface area contributed by atoms with E-state index in [0.29, 0.717) is 6.42 Å². The quantitative estimate of drug-likeness (QED) is 0.106. The highest BCUT2D eigenvalue weighted by Crippen LogP contribution is 2.01. The van der Waals surface area contributed by atoms with Crippen molar-refractivity contribution < 1.29 is 29.4 Å². The topological polar surface area (TPSA) is 223 Å². The lowest BCUT2D eigenvalue weighted by Gasteiger charge is -2.19. The number of aliphatic carboxylic acids is 2. The first-order valence-electron chi connectivity index (χ1n) is 7.46. The fourth-order valence-corrected chi connectivity index (χ4v) is 1.75. The number of aliphatic imine (C=N–C) groups is 1. The van der Waals surface area contributed by atoms with Crippen molar-refractivity contribution in [3.63, 3.8) is 0 Å². The van der Waals surface area contributed by atoms with E-state index in [1.54, 1.807) is 0 Å². The highest BCUT2D eigenvalue weighted by atomic mass is 16.4. The molecule has 0 fully saturated rings. The van der Waals surface area contributed by atoms with Crippen molar-refractivity contribution in [1.82, 2.24) is 10.6 Å². The van der Waals surface area contributed by atoms with E-state index in [9.17, 15) is 19.2 Å². The van der Waals surface area contributed by atoms with Crippen LogP contribution in [-0.2, 0) is 19.2 Å². The molecule has 0 aliphatic heterocycles. The van der Waals surface area contributed by atoms with Gasteiger partial charge in [0.2, 0.25) is 11.8 Å². The standard InChI is InChI=1S/C13H24N6O6/c14-7(2-1-5-17-13(15)16)11(24)19-8(3-4-9(20)21)12(25)18-6-10(22)23/h7-8H,1-6,14H2,(H,18,25)(H,19,24)(H,20,21)(H,22,23)(H4,15,16,17). The maximum Gasteiger partial charge on any atom is 0.322 e. The Kier molecular flexibility index (Phi) is 10.3. The maximum absolute atomic E-state index is 12.0. The molecule has 0 aliphatic rings. The Labute approximate surface area is 143 Å². The van der Waals surface area contributed by atoms with Crippen molar-refractivity contribution in [2.75, 3.05) is 13.1 Å². The zero-order valence-corrected chi connectivity index (χ0v) is 13.6. The fourth-order valence-electron chi connectivity index (χ4n) is 1.75. The third-order valence-corrected chi connectivity index (χ3v) is 3.00. The molecule has 12 heteroatoms. The van der Waals surface area contributed by atoms with E-state index in [1.807, 2.05) is 0 Å². The molecule has 0 heterocycles. The summed E-state index contributed by atoms with van der Waals surface area (Å²) in [6.45, 7) is -0.367. The number of amides is 2. The highest BCUT2D eigenvalue weighted by molar-refractivity contribution is 5.91. The van der Waals surface area contributed by atoms with Crippen molar-refractivity contribution in [2.24, 2.45) is 22.2 Å². The first-order valence-corrected chi connectivity index (χ1v) is 7.46. The molecule has 0 saturated heterocycles. The molecule has 0 spiro atoms. The maximum atomic E-state index is 12.0. The van der Waals surface area contributed by atoms with E-state index in [4.69, 9.17) is 27.4 Å². The summed E-state index contributed by atoms with van der Waals surface area (Å²) in [5.74, 6) is -3.97. The molecule has 0 aromatic carbocycles. The van der Waals surface area contributed by atoms with Crippen molar-refractivity contribution >= 4 is 29.7 Å². The number of rotatable bonds is 12. The molecule has 142 valence electrons. The van der Waals surface area contributed by atoms with Gasteiger partial charge >= 0.3 is 11.9 Å². The molecule has 25 heavy (non-hydrogen) atoms. The lowest BCUT2D eigenvalue weighted by molar-refractivity contribution is -0.140. The van der Waals surface area contributed by atoms with Crippen LogP contribution in [0.2, 0.25) is 0 Å². The minimum Gasteiger partial charge on any atom is -0.481 e. The van der Waals surface area contributed by atoms with Gasteiger partial charge in [0.25, 0.3) is 0 Å². The second-order valence-corrected chi connectivity index (χ2v) is 5.16. The third kappa shape index (κ3) is 11.3. The smallest absolute Gasteiger partial charge is 0.322 e. The molecule has 0 aliphatic carbocycles. The predicted octanol–water partition coefficient (Wildman–Crippen LogP) is -3.08. The van der Waals surface area contributed by atoms with Crippen LogP contribution >= 0.6 is 0 Å². The summed E-state index contributed by atoms with van der Waals surface area (Å²) in [5.41, 5.74) is 16.0. The minimum atomic E-state index is -1.27. The van der Waals surface area contributed by atoms with Gasteiger partial charge < -0.3 is 38.0 Å². The van der Waals surface area contributed by atoms with Gasteiger partial charge in [-0.2, -0.15) is 0 Å². The van der Waals surface area contributed by atoms with Gasteiger partial charge in [-0.1, -0.05) is 0 Å². The number of hydrogen-bond donors (Lipinski definition) is 7. The molecular weight excluding hydrogens is 336 g/mol. The molecule has 0 aromatic heterocycles. The number of nitrogens with two attached hydrogens (primary N) is 3. The molecule has 2 atom stereocenters. The largest absolute Gasteiger partial charge is 0.481 e. The van der Waals surface area contributed by atoms with Crippen molar-refractivity contribution in [1.29, 1.82) is 0 Å². The monoisotopic (exact) mass is 360 g/mol. The second kappa shape index (κ2) is 11.6. The molecule has 0 rings (SSSR count). The fraction of sp³-hybridized carbons (Fsp3) is 0.615. The Morgan fingerprint density at radius 1 is 1.00 bits per heavy atom. The third-order valence-electron chi connectivity index (χ3n) is 3.00. The Morgan fingerprint density at radius 3 is 2.16 bits per heavy atom. The molecule has 0 saturated carbocycles. The Morgan fingerprint density at radius 2 is 1.64 bits per heavy atom. The van der Waals surface area contributed by atoms with Crippen LogP contribution in [0.25, 0.3) is 0 Å². The number of hydrogen-bond acceptors (Lipinski definition) is 6. The van der Waals surface area contributed by atoms with Gasteiger partial charge in [0.05, 0.1) is 6.04 Å². The molecule has 2 amide bonds. The molecule has 10 N–H and O–H groups in total. The van der Waals surface area contributed by atoms with Crippen molar-refractivity contribution in [2.45, 2.75) is 37.8 Å². The summed E-state index contributed by atoms with van der Waals surface area (Å²) in [5, 5.41) is 21.7. The van der Waals surface area contributed by atoms with Gasteiger partial charge in [-0.25, -0.2) is 0 Å². The van der Waals surface area contributed by atoms with Crippen LogP contribution in [-0.4, -0.2) is 65.1 Å². The number of carbonyl (C=O) groups excluding carboxylic acids is 2. The molecule has 0 aromatic rings. The summed E-state index contributed by atoms with van der Waals surface area (Å²) >= 11 is 0. The zero-order chi connectivity index (χ0) is 19.4. The normalized spacial score (nSPS) is 12.5. The van der Waals surface area contributed by atoms with Gasteiger partial charge in [-0.05, 0) is 19.3 Å². The van der Waals surface area contributed by atoms with Gasteiger partial charge in [0.1, 0.15) is 12.6 Å². The van der Waals surface area contributed by atoms with Gasteiger partial charge in [0, 0.05) is 13.0 Å². The van der Waals surface area contributed by atoms with Crippen molar-refractivity contribution in [3.05, 3.63) is 0 Å². The van der Waals surface area contributed by atoms with E-state index < -0.39 is 42.4 Å². The Hall–Kier alpha value is -2.89. The van der Waals surface area contributed by atoms with Gasteiger partial charge in [-0.3, -0.25) is 24.2 Å². The summed E-state index contributed by atoms with van der Waals surface area (Å²) in [7, 11) is 0. The van der Waals surface area contributed by atoms with Crippen molar-refractivity contribution in [3.8, 4) is 0 Å². The number of nitrogens with one attached hydrogen (secondary N) is 2. The summed E-state index contributed by atoms with van der Waals surface area (Å²) in [6, 6.07) is -2.15. The number of nitrogens with zero attached hydrogens (tertiary/aromatic N) is 1. The lowest BCUT2D eigenvalue weighted by Crippen LogP contribution is -2.52. The highest BCUT2D eigenvalue weighted by Gasteiger charge is 2.24. The molecular formula is C13H24N6O6. The molecule has 12 nitrogen and oxygen atoms in total. The summed E-state index contributed by atoms with van der Waals surface area (Å²) in [4.78, 5) is 48.7. The average molecular weight is 360 g/mol. The number of carboxylic acid groups (broad SMARTS) is 2. The number of carboxylic acids is 2. The van der Waals surface area contributed by atoms with Gasteiger partial charge in [-0.15, -0.1) is 0 Å². The zero-order valence-electron chi connectivity index (χ0n) is 13.6. The predicted molar refractivity (Wildman–Crippen MR) is 87.3 cm³/mol. The summed E-state index contributed by atoms with van der Waals surface area (Å²) < 4.78 is 0. The van der Waals surface area contributed by atoms with E-state index in [1.165, 1.54) is 0 Å². The second-order valence-electron chi connectivity index (χ2n) is 5.16. The Bertz CT molecular complexity index is 519. The van der Waals surface area contributed by atoms with Crippen LogP contribution in [0.1, 0.15) is 25.7 Å². The molecule has 2 unspecified atom stereocenters. The van der Waals surface area contributed by atoms with Crippen LogP contribution in [0, 0.1) is 0 Å². The lowest BCUT2D eigenvalue weighted by atomic mass is 10.1. The summed E-state index contributed by atoms with van der Waals surface area (Å²) in [6.07, 6.45) is 0.0842. The molecule has 0 radical (unpaired) electrons. The molecule has 0 bridgehead atoms. The van der Waals surface area contributed by atoms with Crippen LogP contribution in [0.3, 0.4) is 0 Å². The number of guanidine groups is 1. The van der Waals surface area contributed by atoms with E-state index >= 15 is 0 Å². The minimum absolute atomic E-state index is 0.0816. The van der Waals surface area contributed by atoms with E-state index in [2.05, 4.69) is 15.6 Å². The Balaban J connectivity index is 4.60. The SMILES string of the molecule is NC(N)=NCCCC(N)C(=O)NC(CCC(=O)O)C(=O)NCC(=O)O. The van der Waals surface area contributed by atoms with E-state index in [-0.39, 0.29) is 31.8 Å². The van der Waals surface area contributed by atoms with E-state index in [0.717, 1.165) is 0 Å².